The van der Waals surface area contributed by atoms with E-state index in [1.165, 1.54) is 0 Å². The fourth-order valence-corrected chi connectivity index (χ4v) is 2.64. The van der Waals surface area contributed by atoms with E-state index in [9.17, 15) is 9.59 Å². The predicted octanol–water partition coefficient (Wildman–Crippen LogP) is 3.58. The fourth-order valence-electron chi connectivity index (χ4n) is 1.97. The van der Waals surface area contributed by atoms with Crippen LogP contribution in [0.4, 0.5) is 4.79 Å². The zero-order valence-corrected chi connectivity index (χ0v) is 11.5. The van der Waals surface area contributed by atoms with Crippen molar-refractivity contribution in [3.8, 4) is 11.3 Å². The monoisotopic (exact) mass is 285 g/mol. The first kappa shape index (κ1) is 12.7. The molecule has 100 valence electrons. The predicted molar refractivity (Wildman–Crippen MR) is 78.0 cm³/mol. The first-order valence-corrected chi connectivity index (χ1v) is 6.86. The highest BCUT2D eigenvalue weighted by Crippen LogP contribution is 2.29. The summed E-state index contributed by atoms with van der Waals surface area (Å²) in [6, 6.07) is 11.5. The molecular weight excluding hydrogens is 274 g/mol. The van der Waals surface area contributed by atoms with E-state index in [4.69, 9.17) is 4.42 Å². The third kappa shape index (κ3) is 2.40. The Morgan fingerprint density at radius 2 is 1.95 bits per heavy atom. The number of imide groups is 1. The highest BCUT2D eigenvalue weighted by atomic mass is 32.2. The van der Waals surface area contributed by atoms with Crippen LogP contribution in [0, 0.1) is 6.92 Å². The van der Waals surface area contributed by atoms with Crippen molar-refractivity contribution in [2.24, 2.45) is 0 Å². The van der Waals surface area contributed by atoms with Crippen LogP contribution < -0.4 is 5.32 Å². The Kier molecular flexibility index (Phi) is 3.20. The number of furan rings is 1. The van der Waals surface area contributed by atoms with E-state index in [0.717, 1.165) is 28.6 Å². The lowest BCUT2D eigenvalue weighted by Gasteiger charge is -2.00. The number of carbonyl (C=O) groups is 2. The molecule has 1 aliphatic heterocycles. The zero-order chi connectivity index (χ0) is 14.1. The lowest BCUT2D eigenvalue weighted by atomic mass is 10.1. The molecule has 3 rings (SSSR count). The number of nitrogens with one attached hydrogen (secondary N) is 1. The Labute approximate surface area is 119 Å². The van der Waals surface area contributed by atoms with Crippen LogP contribution in [0.1, 0.15) is 11.3 Å². The Morgan fingerprint density at radius 3 is 2.65 bits per heavy atom. The zero-order valence-electron chi connectivity index (χ0n) is 10.7. The van der Waals surface area contributed by atoms with Crippen molar-refractivity contribution < 1.29 is 14.0 Å². The van der Waals surface area contributed by atoms with Crippen LogP contribution >= 0.6 is 11.8 Å². The topological polar surface area (TPSA) is 59.3 Å². The van der Waals surface area contributed by atoms with E-state index >= 15 is 0 Å². The maximum atomic E-state index is 11.5. The van der Waals surface area contributed by atoms with Crippen molar-refractivity contribution in [1.29, 1.82) is 0 Å². The van der Waals surface area contributed by atoms with Crippen LogP contribution in [0.25, 0.3) is 17.4 Å². The van der Waals surface area contributed by atoms with E-state index in [-0.39, 0.29) is 11.1 Å². The van der Waals surface area contributed by atoms with Crippen LogP contribution in [0.5, 0.6) is 0 Å². The summed E-state index contributed by atoms with van der Waals surface area (Å²) in [7, 11) is 0. The number of rotatable bonds is 2. The molecule has 4 nitrogen and oxygen atoms in total. The second-order valence-corrected chi connectivity index (χ2v) is 5.38. The summed E-state index contributed by atoms with van der Waals surface area (Å²) in [5.74, 6) is 0.911. The molecule has 20 heavy (non-hydrogen) atoms. The number of benzene rings is 1. The van der Waals surface area contributed by atoms with E-state index in [1.54, 1.807) is 12.1 Å². The molecule has 0 atom stereocenters. The first-order valence-electron chi connectivity index (χ1n) is 6.04. The van der Waals surface area contributed by atoms with Gasteiger partial charge in [0.2, 0.25) is 0 Å². The van der Waals surface area contributed by atoms with Gasteiger partial charge in [0.25, 0.3) is 11.1 Å². The number of carbonyl (C=O) groups excluding carboxylic acids is 2. The van der Waals surface area contributed by atoms with Gasteiger partial charge in [-0.3, -0.25) is 14.9 Å². The quantitative estimate of drug-likeness (QED) is 0.857. The molecule has 2 aromatic rings. The molecule has 0 bridgehead atoms. The maximum absolute atomic E-state index is 11.5. The summed E-state index contributed by atoms with van der Waals surface area (Å²) in [6.07, 6.45) is 1.58. The van der Waals surface area contributed by atoms with E-state index in [0.29, 0.717) is 10.7 Å². The molecule has 1 aromatic carbocycles. The van der Waals surface area contributed by atoms with Gasteiger partial charge in [-0.15, -0.1) is 0 Å². The summed E-state index contributed by atoms with van der Waals surface area (Å²) in [5.41, 5.74) is 2.13. The van der Waals surface area contributed by atoms with Gasteiger partial charge in [0.1, 0.15) is 11.5 Å². The van der Waals surface area contributed by atoms with Gasteiger partial charge in [0.15, 0.2) is 0 Å². The summed E-state index contributed by atoms with van der Waals surface area (Å²) in [5, 5.41) is 1.86. The summed E-state index contributed by atoms with van der Waals surface area (Å²) < 4.78 is 5.72. The second-order valence-electron chi connectivity index (χ2n) is 4.37. The van der Waals surface area contributed by atoms with Crippen molar-refractivity contribution in [3.63, 3.8) is 0 Å². The minimum absolute atomic E-state index is 0.348. The van der Waals surface area contributed by atoms with E-state index in [2.05, 4.69) is 5.32 Å². The van der Waals surface area contributed by atoms with Gasteiger partial charge in [-0.05, 0) is 36.4 Å². The molecule has 0 aliphatic carbocycles. The molecule has 0 spiro atoms. The smallest absolute Gasteiger partial charge is 0.290 e. The minimum atomic E-state index is -0.381. The van der Waals surface area contributed by atoms with Gasteiger partial charge >= 0.3 is 0 Å². The molecule has 1 N–H and O–H groups in total. The first-order chi connectivity index (χ1) is 9.63. The van der Waals surface area contributed by atoms with E-state index < -0.39 is 0 Å². The largest absolute Gasteiger partial charge is 0.457 e. The van der Waals surface area contributed by atoms with Crippen molar-refractivity contribution in [3.05, 3.63) is 52.6 Å². The van der Waals surface area contributed by atoms with Crippen LogP contribution in [-0.4, -0.2) is 11.1 Å². The lowest BCUT2D eigenvalue weighted by molar-refractivity contribution is -0.115. The van der Waals surface area contributed by atoms with Crippen molar-refractivity contribution in [1.82, 2.24) is 5.32 Å². The molecule has 0 unspecified atom stereocenters. The molecule has 2 amide bonds. The number of hydrogen-bond donors (Lipinski definition) is 1. The third-order valence-electron chi connectivity index (χ3n) is 2.95. The standard InChI is InChI=1S/C15H11NO3S/c1-9-4-2-3-5-11(9)12-7-6-10(19-12)8-13-14(17)16-15(18)20-13/h2-8H,1H3,(H,16,17,18)/b13-8-. The van der Waals surface area contributed by atoms with Gasteiger partial charge in [0, 0.05) is 11.6 Å². The Bertz CT molecular complexity index is 730. The Hall–Kier alpha value is -2.27. The summed E-state index contributed by atoms with van der Waals surface area (Å²) in [6.45, 7) is 2.01. The highest BCUT2D eigenvalue weighted by molar-refractivity contribution is 8.18. The average molecular weight is 285 g/mol. The van der Waals surface area contributed by atoms with Crippen LogP contribution in [0.2, 0.25) is 0 Å². The summed E-state index contributed by atoms with van der Waals surface area (Å²) in [4.78, 5) is 22.9. The SMILES string of the molecule is Cc1ccccc1-c1ccc(/C=C2\SC(=O)NC2=O)o1. The van der Waals surface area contributed by atoms with Crippen molar-refractivity contribution in [2.75, 3.05) is 0 Å². The average Bonchev–Trinajstić information content (AvgIpc) is 2.98. The number of amides is 2. The minimum Gasteiger partial charge on any atom is -0.457 e. The molecule has 1 aliphatic rings. The number of thioether (sulfide) groups is 1. The molecule has 1 saturated heterocycles. The van der Waals surface area contributed by atoms with Crippen molar-refractivity contribution >= 4 is 29.0 Å². The summed E-state index contributed by atoms with van der Waals surface area (Å²) >= 11 is 0.878. The van der Waals surface area contributed by atoms with Crippen molar-refractivity contribution in [2.45, 2.75) is 6.92 Å². The molecule has 1 fully saturated rings. The molecule has 5 heteroatoms. The maximum Gasteiger partial charge on any atom is 0.290 e. The molecular formula is C15H11NO3S. The number of hydrogen-bond acceptors (Lipinski definition) is 4. The lowest BCUT2D eigenvalue weighted by Crippen LogP contribution is -2.17. The highest BCUT2D eigenvalue weighted by Gasteiger charge is 2.25. The Balaban J connectivity index is 1.92. The molecule has 2 heterocycles. The van der Waals surface area contributed by atoms with Crippen LogP contribution in [0.15, 0.2) is 45.7 Å². The Morgan fingerprint density at radius 1 is 1.15 bits per heavy atom. The molecule has 0 radical (unpaired) electrons. The van der Waals surface area contributed by atoms with Crippen LogP contribution in [0.3, 0.4) is 0 Å². The van der Waals surface area contributed by atoms with Crippen LogP contribution in [-0.2, 0) is 4.79 Å². The van der Waals surface area contributed by atoms with Gasteiger partial charge < -0.3 is 4.42 Å². The normalized spacial score (nSPS) is 16.8. The van der Waals surface area contributed by atoms with Gasteiger partial charge in [0.05, 0.1) is 4.91 Å². The van der Waals surface area contributed by atoms with Gasteiger partial charge in [-0.1, -0.05) is 24.3 Å². The van der Waals surface area contributed by atoms with Gasteiger partial charge in [-0.25, -0.2) is 0 Å². The third-order valence-corrected chi connectivity index (χ3v) is 3.76. The number of aryl methyl sites for hydroxylation is 1. The van der Waals surface area contributed by atoms with Gasteiger partial charge in [-0.2, -0.15) is 0 Å². The molecule has 1 aromatic heterocycles. The fraction of sp³-hybridized carbons (Fsp3) is 0.0667. The van der Waals surface area contributed by atoms with E-state index in [1.807, 2.05) is 37.3 Å². The molecule has 0 saturated carbocycles. The second kappa shape index (κ2) is 5.02.